The van der Waals surface area contributed by atoms with Crippen molar-refractivity contribution in [3.8, 4) is 0 Å². The van der Waals surface area contributed by atoms with E-state index in [9.17, 15) is 0 Å². The minimum Gasteiger partial charge on any atom is -0.382 e. The zero-order valence-electron chi connectivity index (χ0n) is 12.3. The third-order valence-electron chi connectivity index (χ3n) is 3.89. The number of anilines is 1. The number of hydrogen-bond acceptors (Lipinski definition) is 7. The number of imidazole rings is 1. The molecule has 0 amide bonds. The van der Waals surface area contributed by atoms with E-state index < -0.39 is 0 Å². The average molecular weight is 293 g/mol. The number of rotatable bonds is 4. The molecule has 0 aliphatic carbocycles. The number of nitrogen functional groups attached to an aromatic ring is 1. The van der Waals surface area contributed by atoms with Crippen LogP contribution >= 0.6 is 0 Å². The maximum atomic E-state index is 6.08. The first-order valence-corrected chi connectivity index (χ1v) is 6.85. The number of fused-ring (bicyclic) bond motifs is 1. The first kappa shape index (κ1) is 14.2. The zero-order chi connectivity index (χ0) is 15.0. The fraction of sp³-hybridized carbons (Fsp3) is 0.615. The van der Waals surface area contributed by atoms with Crippen LogP contribution in [0.3, 0.4) is 0 Å². The highest BCUT2D eigenvalue weighted by atomic mass is 16.6. The van der Waals surface area contributed by atoms with Gasteiger partial charge in [0.05, 0.1) is 12.4 Å². The summed E-state index contributed by atoms with van der Waals surface area (Å²) < 4.78 is 19.0. The average Bonchev–Trinajstić information content (AvgIpc) is 3.07. The molecule has 1 fully saturated rings. The van der Waals surface area contributed by atoms with Crippen LogP contribution in [0.15, 0.2) is 12.7 Å². The maximum Gasteiger partial charge on any atom is 0.167 e. The van der Waals surface area contributed by atoms with Crippen LogP contribution < -0.4 is 5.73 Å². The molecule has 2 aromatic rings. The van der Waals surface area contributed by atoms with Crippen molar-refractivity contribution in [2.75, 3.05) is 20.0 Å². The lowest BCUT2D eigenvalue weighted by Crippen LogP contribution is -2.34. The molecule has 2 unspecified atom stereocenters. The molecule has 1 aliphatic heterocycles. The van der Waals surface area contributed by atoms with Crippen LogP contribution in [0.4, 0.5) is 5.82 Å². The van der Waals surface area contributed by atoms with E-state index in [0.717, 1.165) is 6.42 Å². The third-order valence-corrected chi connectivity index (χ3v) is 3.89. The Morgan fingerprint density at radius 3 is 2.67 bits per heavy atom. The van der Waals surface area contributed by atoms with E-state index in [0.29, 0.717) is 17.0 Å². The smallest absolute Gasteiger partial charge is 0.167 e. The number of methoxy groups -OCH3 is 2. The minimum absolute atomic E-state index is 0.0402. The van der Waals surface area contributed by atoms with Gasteiger partial charge in [0.2, 0.25) is 0 Å². The van der Waals surface area contributed by atoms with E-state index in [1.165, 1.54) is 6.33 Å². The Morgan fingerprint density at radius 2 is 2.00 bits per heavy atom. The summed E-state index contributed by atoms with van der Waals surface area (Å²) in [4.78, 5) is 12.5. The van der Waals surface area contributed by atoms with Crippen molar-refractivity contribution in [1.82, 2.24) is 19.5 Å². The second-order valence-corrected chi connectivity index (χ2v) is 4.96. The minimum atomic E-state index is -0.357. The van der Waals surface area contributed by atoms with Crippen LogP contribution in [0, 0.1) is 0 Å². The molecule has 8 heteroatoms. The van der Waals surface area contributed by atoms with Crippen LogP contribution in [0.5, 0.6) is 0 Å². The van der Waals surface area contributed by atoms with Gasteiger partial charge < -0.3 is 19.9 Å². The summed E-state index contributed by atoms with van der Waals surface area (Å²) in [6.45, 7) is 2.05. The summed E-state index contributed by atoms with van der Waals surface area (Å²) in [5, 5.41) is 0. The van der Waals surface area contributed by atoms with Gasteiger partial charge in [0.15, 0.2) is 17.7 Å². The monoisotopic (exact) mass is 293 g/mol. The standard InChI is InChI=1S/C13H19N5O3/c1-4-7-9(19-2)10(20-3)13(21-7)18-6-17-8-11(14)15-5-16-12(8)18/h5-7,9-10,13H,4H2,1-3H3,(H2,14,15,16)/t7-,9?,10?,13-/m1/s1. The third kappa shape index (κ3) is 2.15. The van der Waals surface area contributed by atoms with Crippen LogP contribution in [0.1, 0.15) is 19.6 Å². The molecule has 2 N–H and O–H groups in total. The molecule has 1 saturated heterocycles. The van der Waals surface area contributed by atoms with E-state index in [4.69, 9.17) is 19.9 Å². The number of nitrogens with zero attached hydrogens (tertiary/aromatic N) is 4. The van der Waals surface area contributed by atoms with Crippen molar-refractivity contribution in [2.24, 2.45) is 0 Å². The highest BCUT2D eigenvalue weighted by Gasteiger charge is 2.45. The van der Waals surface area contributed by atoms with Gasteiger partial charge in [-0.3, -0.25) is 4.57 Å². The highest BCUT2D eigenvalue weighted by Crippen LogP contribution is 2.36. The molecule has 1 aliphatic rings. The van der Waals surface area contributed by atoms with Gasteiger partial charge in [0.1, 0.15) is 24.1 Å². The van der Waals surface area contributed by atoms with E-state index in [-0.39, 0.29) is 24.5 Å². The quantitative estimate of drug-likeness (QED) is 0.888. The summed E-state index contributed by atoms with van der Waals surface area (Å²) >= 11 is 0. The predicted molar refractivity (Wildman–Crippen MR) is 75.5 cm³/mol. The molecule has 0 bridgehead atoms. The fourth-order valence-electron chi connectivity index (χ4n) is 2.85. The number of nitrogens with two attached hydrogens (primary N) is 1. The Balaban J connectivity index is 2.03. The SMILES string of the molecule is CC[C@H]1O[C@@H](n2cnc3c(N)ncnc32)C(OC)C1OC. The van der Waals surface area contributed by atoms with Gasteiger partial charge >= 0.3 is 0 Å². The second kappa shape index (κ2) is 5.55. The lowest BCUT2D eigenvalue weighted by Gasteiger charge is -2.21. The lowest BCUT2D eigenvalue weighted by atomic mass is 10.1. The molecule has 2 aromatic heterocycles. The molecule has 0 aromatic carbocycles. The Kier molecular flexibility index (Phi) is 3.75. The van der Waals surface area contributed by atoms with Crippen LogP contribution in [0.2, 0.25) is 0 Å². The van der Waals surface area contributed by atoms with Gasteiger partial charge in [-0.25, -0.2) is 15.0 Å². The zero-order valence-corrected chi connectivity index (χ0v) is 12.3. The maximum absolute atomic E-state index is 6.08. The molecule has 8 nitrogen and oxygen atoms in total. The topological polar surface area (TPSA) is 97.3 Å². The summed E-state index contributed by atoms with van der Waals surface area (Å²) in [6, 6.07) is 0. The second-order valence-electron chi connectivity index (χ2n) is 4.96. The molecule has 4 atom stereocenters. The van der Waals surface area contributed by atoms with Crippen molar-refractivity contribution >= 4 is 17.0 Å². The summed E-state index contributed by atoms with van der Waals surface area (Å²) in [7, 11) is 3.31. The number of aromatic nitrogens is 4. The van der Waals surface area contributed by atoms with Gasteiger partial charge in [0, 0.05) is 14.2 Å². The van der Waals surface area contributed by atoms with Crippen LogP contribution in [-0.4, -0.2) is 52.1 Å². The molecular formula is C13H19N5O3. The Morgan fingerprint density at radius 1 is 1.24 bits per heavy atom. The van der Waals surface area contributed by atoms with Gasteiger partial charge in [-0.2, -0.15) is 0 Å². The molecule has 0 spiro atoms. The van der Waals surface area contributed by atoms with Crippen molar-refractivity contribution < 1.29 is 14.2 Å². The summed E-state index contributed by atoms with van der Waals surface area (Å²) in [5.41, 5.74) is 7.00. The number of ether oxygens (including phenoxy) is 3. The van der Waals surface area contributed by atoms with Gasteiger partial charge in [-0.05, 0) is 6.42 Å². The predicted octanol–water partition coefficient (Wildman–Crippen LogP) is 0.746. The molecule has 0 radical (unpaired) electrons. The first-order valence-electron chi connectivity index (χ1n) is 6.85. The molecule has 114 valence electrons. The Hall–Kier alpha value is -1.77. The van der Waals surface area contributed by atoms with Crippen molar-refractivity contribution in [1.29, 1.82) is 0 Å². The lowest BCUT2D eigenvalue weighted by molar-refractivity contribution is -0.0517. The molecule has 0 saturated carbocycles. The summed E-state index contributed by atoms with van der Waals surface area (Å²) in [5.74, 6) is 0.348. The molecule has 3 heterocycles. The normalized spacial score (nSPS) is 29.3. The van der Waals surface area contributed by atoms with Gasteiger partial charge in [-0.15, -0.1) is 0 Å². The molecule has 3 rings (SSSR count). The van der Waals surface area contributed by atoms with E-state index >= 15 is 0 Å². The van der Waals surface area contributed by atoms with Crippen molar-refractivity contribution in [2.45, 2.75) is 37.9 Å². The van der Waals surface area contributed by atoms with Crippen LogP contribution in [-0.2, 0) is 14.2 Å². The molecule has 21 heavy (non-hydrogen) atoms. The fourth-order valence-corrected chi connectivity index (χ4v) is 2.85. The van der Waals surface area contributed by atoms with Crippen molar-refractivity contribution in [3.05, 3.63) is 12.7 Å². The first-order chi connectivity index (χ1) is 10.2. The van der Waals surface area contributed by atoms with Crippen LogP contribution in [0.25, 0.3) is 11.2 Å². The highest BCUT2D eigenvalue weighted by molar-refractivity contribution is 5.81. The van der Waals surface area contributed by atoms with E-state index in [1.807, 2.05) is 4.57 Å². The number of hydrogen-bond donors (Lipinski definition) is 1. The molecular weight excluding hydrogens is 274 g/mol. The van der Waals surface area contributed by atoms with Gasteiger partial charge in [0.25, 0.3) is 0 Å². The van der Waals surface area contributed by atoms with E-state index in [1.54, 1.807) is 20.5 Å². The Bertz CT molecular complexity index is 631. The van der Waals surface area contributed by atoms with Crippen molar-refractivity contribution in [3.63, 3.8) is 0 Å². The van der Waals surface area contributed by atoms with E-state index in [2.05, 4.69) is 21.9 Å². The largest absolute Gasteiger partial charge is 0.382 e. The Labute approximate surface area is 122 Å². The van der Waals surface area contributed by atoms with Gasteiger partial charge in [-0.1, -0.05) is 6.92 Å². The summed E-state index contributed by atoms with van der Waals surface area (Å²) in [6.07, 6.45) is 3.12.